The lowest BCUT2D eigenvalue weighted by Crippen LogP contribution is -2.35. The van der Waals surface area contributed by atoms with E-state index in [1.807, 2.05) is 6.92 Å². The number of anilines is 1. The van der Waals surface area contributed by atoms with Crippen molar-refractivity contribution < 1.29 is 9.66 Å². The number of rotatable bonds is 8. The number of nitrogens with zero attached hydrogens (tertiary/aromatic N) is 3. The Bertz CT molecular complexity index is 449. The van der Waals surface area contributed by atoms with Crippen LogP contribution in [0.5, 0.6) is 5.88 Å². The van der Waals surface area contributed by atoms with Crippen molar-refractivity contribution in [2.24, 2.45) is 0 Å². The molecule has 0 aliphatic heterocycles. The summed E-state index contributed by atoms with van der Waals surface area (Å²) >= 11 is 0. The van der Waals surface area contributed by atoms with Crippen LogP contribution in [0.3, 0.4) is 0 Å². The number of hydrogen-bond donors (Lipinski definition) is 1. The molecule has 0 amide bonds. The molecule has 1 heterocycles. The summed E-state index contributed by atoms with van der Waals surface area (Å²) in [6, 6.07) is 2.93. The van der Waals surface area contributed by atoms with Crippen molar-refractivity contribution >= 4 is 11.5 Å². The zero-order valence-electron chi connectivity index (χ0n) is 12.4. The minimum Gasteiger partial charge on any atom is -0.481 e. The zero-order chi connectivity index (χ0) is 15.1. The van der Waals surface area contributed by atoms with Gasteiger partial charge in [-0.25, -0.2) is 0 Å². The lowest BCUT2D eigenvalue weighted by atomic mass is 10.3. The van der Waals surface area contributed by atoms with Crippen LogP contribution in [0.4, 0.5) is 11.5 Å². The van der Waals surface area contributed by atoms with Crippen LogP contribution >= 0.6 is 0 Å². The zero-order valence-corrected chi connectivity index (χ0v) is 12.4. The third-order valence-corrected chi connectivity index (χ3v) is 3.06. The van der Waals surface area contributed by atoms with Crippen LogP contribution in [-0.2, 0) is 0 Å². The summed E-state index contributed by atoms with van der Waals surface area (Å²) in [5.74, 6) is 0.599. The molecule has 1 atom stereocenters. The number of hydrogen-bond acceptors (Lipinski definition) is 6. The highest BCUT2D eigenvalue weighted by molar-refractivity contribution is 5.57. The van der Waals surface area contributed by atoms with Crippen LogP contribution in [0.1, 0.15) is 20.8 Å². The van der Waals surface area contributed by atoms with Crippen molar-refractivity contribution in [2.75, 3.05) is 32.1 Å². The molecule has 1 unspecified atom stereocenters. The molecule has 1 rings (SSSR count). The average Bonchev–Trinajstić information content (AvgIpc) is 2.44. The highest BCUT2D eigenvalue weighted by atomic mass is 16.6. The monoisotopic (exact) mass is 282 g/mol. The summed E-state index contributed by atoms with van der Waals surface area (Å²) in [5.41, 5.74) is -0.0443. The number of ether oxygens (including phenoxy) is 1. The molecule has 7 nitrogen and oxygen atoms in total. The Hall–Kier alpha value is -1.89. The molecular weight excluding hydrogens is 260 g/mol. The third kappa shape index (κ3) is 4.34. The van der Waals surface area contributed by atoms with Gasteiger partial charge in [-0.1, -0.05) is 13.8 Å². The largest absolute Gasteiger partial charge is 0.481 e. The van der Waals surface area contributed by atoms with Gasteiger partial charge in [-0.2, -0.15) is 4.98 Å². The van der Waals surface area contributed by atoms with E-state index in [1.165, 1.54) is 19.2 Å². The molecule has 1 aromatic heterocycles. The minimum atomic E-state index is -0.446. The summed E-state index contributed by atoms with van der Waals surface area (Å²) in [6.07, 6.45) is 0. The van der Waals surface area contributed by atoms with Gasteiger partial charge in [-0.15, -0.1) is 0 Å². The lowest BCUT2D eigenvalue weighted by molar-refractivity contribution is -0.384. The Morgan fingerprint density at radius 2 is 2.10 bits per heavy atom. The molecule has 0 bridgehead atoms. The second-order valence-corrected chi connectivity index (χ2v) is 4.51. The van der Waals surface area contributed by atoms with E-state index in [4.69, 9.17) is 4.74 Å². The maximum absolute atomic E-state index is 11.0. The van der Waals surface area contributed by atoms with Gasteiger partial charge < -0.3 is 15.0 Å². The molecule has 1 aromatic rings. The molecule has 0 saturated carbocycles. The summed E-state index contributed by atoms with van der Waals surface area (Å²) in [5, 5.41) is 14.1. The molecule has 1 N–H and O–H groups in total. The number of pyridine rings is 1. The Morgan fingerprint density at radius 1 is 1.45 bits per heavy atom. The molecule has 0 radical (unpaired) electrons. The predicted molar refractivity (Wildman–Crippen MR) is 78.3 cm³/mol. The second kappa shape index (κ2) is 7.64. The van der Waals surface area contributed by atoms with E-state index in [-0.39, 0.29) is 17.5 Å². The fraction of sp³-hybridized carbons (Fsp3) is 0.615. The first-order chi connectivity index (χ1) is 9.51. The standard InChI is InChI=1S/C13H22N4O3/c1-5-16(6-2)9-10(3)14-13-11(17(18)19)7-8-12(15-13)20-4/h7-8,10H,5-6,9H2,1-4H3,(H,14,15). The first kappa shape index (κ1) is 16.2. The van der Waals surface area contributed by atoms with Crippen molar-refractivity contribution in [3.05, 3.63) is 22.2 Å². The van der Waals surface area contributed by atoms with E-state index in [0.29, 0.717) is 5.88 Å². The molecule has 0 aliphatic rings. The van der Waals surface area contributed by atoms with Gasteiger partial charge in [0, 0.05) is 24.7 Å². The molecular formula is C13H22N4O3. The van der Waals surface area contributed by atoms with Gasteiger partial charge in [0.05, 0.1) is 12.0 Å². The smallest absolute Gasteiger partial charge is 0.311 e. The van der Waals surface area contributed by atoms with Gasteiger partial charge in [0.25, 0.3) is 0 Å². The van der Waals surface area contributed by atoms with Gasteiger partial charge in [-0.05, 0) is 20.0 Å². The van der Waals surface area contributed by atoms with Crippen LogP contribution in [0.25, 0.3) is 0 Å². The molecule has 0 aliphatic carbocycles. The fourth-order valence-corrected chi connectivity index (χ4v) is 1.95. The normalized spacial score (nSPS) is 12.2. The number of methoxy groups -OCH3 is 1. The van der Waals surface area contributed by atoms with Gasteiger partial charge in [0.2, 0.25) is 11.7 Å². The van der Waals surface area contributed by atoms with Crippen molar-refractivity contribution in [1.29, 1.82) is 0 Å². The minimum absolute atomic E-state index is 0.0443. The Labute approximate surface area is 119 Å². The van der Waals surface area contributed by atoms with Crippen molar-refractivity contribution in [1.82, 2.24) is 9.88 Å². The van der Waals surface area contributed by atoms with Crippen LogP contribution in [0.15, 0.2) is 12.1 Å². The topological polar surface area (TPSA) is 80.5 Å². The van der Waals surface area contributed by atoms with Crippen LogP contribution in [-0.4, -0.2) is 47.6 Å². The number of aromatic nitrogens is 1. The third-order valence-electron chi connectivity index (χ3n) is 3.06. The van der Waals surface area contributed by atoms with Gasteiger partial charge in [-0.3, -0.25) is 10.1 Å². The highest BCUT2D eigenvalue weighted by Gasteiger charge is 2.18. The fourth-order valence-electron chi connectivity index (χ4n) is 1.95. The van der Waals surface area contributed by atoms with E-state index >= 15 is 0 Å². The molecule has 112 valence electrons. The molecule has 0 fully saturated rings. The maximum atomic E-state index is 11.0. The van der Waals surface area contributed by atoms with Crippen molar-refractivity contribution in [3.8, 4) is 5.88 Å². The van der Waals surface area contributed by atoms with Crippen molar-refractivity contribution in [3.63, 3.8) is 0 Å². The van der Waals surface area contributed by atoms with E-state index < -0.39 is 4.92 Å². The summed E-state index contributed by atoms with van der Waals surface area (Å²) in [6.45, 7) is 8.82. The van der Waals surface area contributed by atoms with E-state index in [9.17, 15) is 10.1 Å². The molecule has 20 heavy (non-hydrogen) atoms. The van der Waals surface area contributed by atoms with Crippen LogP contribution in [0.2, 0.25) is 0 Å². The maximum Gasteiger partial charge on any atom is 0.311 e. The van der Waals surface area contributed by atoms with E-state index in [2.05, 4.69) is 29.0 Å². The molecule has 0 spiro atoms. The van der Waals surface area contributed by atoms with Crippen molar-refractivity contribution in [2.45, 2.75) is 26.8 Å². The van der Waals surface area contributed by atoms with Gasteiger partial charge in [0.15, 0.2) is 0 Å². The summed E-state index contributed by atoms with van der Waals surface area (Å²) in [4.78, 5) is 16.9. The predicted octanol–water partition coefficient (Wildman–Crippen LogP) is 2.14. The first-order valence-corrected chi connectivity index (χ1v) is 6.70. The van der Waals surface area contributed by atoms with Gasteiger partial charge in [0.1, 0.15) is 0 Å². The first-order valence-electron chi connectivity index (χ1n) is 6.70. The number of likely N-dealkylation sites (N-methyl/N-ethyl adjacent to an activating group) is 1. The van der Waals surface area contributed by atoms with E-state index in [1.54, 1.807) is 0 Å². The summed E-state index contributed by atoms with van der Waals surface area (Å²) in [7, 11) is 1.48. The SMILES string of the molecule is CCN(CC)CC(C)Nc1nc(OC)ccc1[N+](=O)[O-]. The Kier molecular flexibility index (Phi) is 6.17. The second-order valence-electron chi connectivity index (χ2n) is 4.51. The van der Waals surface area contributed by atoms with Gasteiger partial charge >= 0.3 is 5.69 Å². The molecule has 0 aromatic carbocycles. The molecule has 7 heteroatoms. The Balaban J connectivity index is 2.86. The quantitative estimate of drug-likeness (QED) is 0.581. The van der Waals surface area contributed by atoms with Crippen LogP contribution < -0.4 is 10.1 Å². The lowest BCUT2D eigenvalue weighted by Gasteiger charge is -2.23. The van der Waals surface area contributed by atoms with Crippen LogP contribution in [0, 0.1) is 10.1 Å². The van der Waals surface area contributed by atoms with E-state index in [0.717, 1.165) is 19.6 Å². The molecule has 0 saturated heterocycles. The number of nitro groups is 1. The Morgan fingerprint density at radius 3 is 2.60 bits per heavy atom. The highest BCUT2D eigenvalue weighted by Crippen LogP contribution is 2.25. The number of nitrogens with one attached hydrogen (secondary N) is 1. The average molecular weight is 282 g/mol. The summed E-state index contributed by atoms with van der Waals surface area (Å²) < 4.78 is 5.01.